The summed E-state index contributed by atoms with van der Waals surface area (Å²) in [5, 5.41) is 4.02. The molecule has 2 heterocycles. The molecule has 0 atom stereocenters. The molecule has 0 aliphatic carbocycles. The van der Waals surface area contributed by atoms with Crippen molar-refractivity contribution in [3.63, 3.8) is 0 Å². The monoisotopic (exact) mass is 293 g/mol. The van der Waals surface area contributed by atoms with Crippen molar-refractivity contribution < 1.29 is 17.9 Å². The highest BCUT2D eigenvalue weighted by Gasteiger charge is 2.29. The van der Waals surface area contributed by atoms with Crippen LogP contribution in [-0.4, -0.2) is 14.6 Å². The molecule has 3 rings (SSSR count). The van der Waals surface area contributed by atoms with Crippen LogP contribution in [0.4, 0.5) is 13.2 Å². The van der Waals surface area contributed by atoms with E-state index < -0.39 is 11.7 Å². The summed E-state index contributed by atoms with van der Waals surface area (Å²) in [6.45, 7) is 0.159. The van der Waals surface area contributed by atoms with Gasteiger partial charge in [0.15, 0.2) is 11.4 Å². The first-order valence-electron chi connectivity index (χ1n) is 6.11. The highest BCUT2D eigenvalue weighted by atomic mass is 19.4. The third-order valence-corrected chi connectivity index (χ3v) is 2.91. The Morgan fingerprint density at radius 2 is 1.86 bits per heavy atom. The molecule has 21 heavy (non-hydrogen) atoms. The lowest BCUT2D eigenvalue weighted by molar-refractivity contribution is -0.137. The average Bonchev–Trinajstić information content (AvgIpc) is 2.92. The first-order chi connectivity index (χ1) is 10.0. The maximum atomic E-state index is 12.4. The highest BCUT2D eigenvalue weighted by Crippen LogP contribution is 2.29. The Morgan fingerprint density at radius 1 is 1.10 bits per heavy atom. The molecule has 3 aromatic rings. The maximum absolute atomic E-state index is 12.4. The lowest BCUT2D eigenvalue weighted by atomic mass is 10.1. The standard InChI is InChI=1S/C14H10F3N3O/c15-14(16,17)11-3-1-10(2-4-11)9-21-12-7-18-13-5-6-19-20(13)8-12/h1-8H,9H2. The van der Waals surface area contributed by atoms with Gasteiger partial charge in [0, 0.05) is 6.07 Å². The van der Waals surface area contributed by atoms with Gasteiger partial charge in [-0.2, -0.15) is 18.3 Å². The van der Waals surface area contributed by atoms with E-state index in [0.717, 1.165) is 12.1 Å². The number of hydrogen-bond donors (Lipinski definition) is 0. The molecule has 0 aliphatic heterocycles. The largest absolute Gasteiger partial charge is 0.486 e. The van der Waals surface area contributed by atoms with Gasteiger partial charge in [0.2, 0.25) is 0 Å². The minimum atomic E-state index is -4.32. The zero-order chi connectivity index (χ0) is 14.9. The van der Waals surface area contributed by atoms with E-state index in [1.165, 1.54) is 12.1 Å². The van der Waals surface area contributed by atoms with E-state index >= 15 is 0 Å². The number of nitrogens with zero attached hydrogens (tertiary/aromatic N) is 3. The second-order valence-electron chi connectivity index (χ2n) is 4.41. The molecular weight excluding hydrogens is 283 g/mol. The minimum absolute atomic E-state index is 0.159. The van der Waals surface area contributed by atoms with Crippen molar-refractivity contribution in [2.75, 3.05) is 0 Å². The summed E-state index contributed by atoms with van der Waals surface area (Å²) in [4.78, 5) is 4.13. The highest BCUT2D eigenvalue weighted by molar-refractivity contribution is 5.37. The molecule has 0 saturated carbocycles. The van der Waals surface area contributed by atoms with Gasteiger partial charge in [-0.3, -0.25) is 0 Å². The van der Waals surface area contributed by atoms with Crippen molar-refractivity contribution in [1.29, 1.82) is 0 Å². The van der Waals surface area contributed by atoms with Crippen molar-refractivity contribution in [3.05, 3.63) is 60.0 Å². The summed E-state index contributed by atoms with van der Waals surface area (Å²) in [6, 6.07) is 6.60. The van der Waals surface area contributed by atoms with Crippen LogP contribution in [0.5, 0.6) is 5.75 Å². The van der Waals surface area contributed by atoms with Gasteiger partial charge in [-0.05, 0) is 17.7 Å². The van der Waals surface area contributed by atoms with Gasteiger partial charge in [-0.15, -0.1) is 0 Å². The van der Waals surface area contributed by atoms with Crippen LogP contribution in [0.2, 0.25) is 0 Å². The summed E-state index contributed by atoms with van der Waals surface area (Å²) < 4.78 is 44.4. The Labute approximate surface area is 117 Å². The number of aromatic nitrogens is 3. The van der Waals surface area contributed by atoms with E-state index in [1.54, 1.807) is 29.2 Å². The van der Waals surface area contributed by atoms with Crippen LogP contribution in [-0.2, 0) is 12.8 Å². The third-order valence-electron chi connectivity index (χ3n) is 2.91. The van der Waals surface area contributed by atoms with Crippen molar-refractivity contribution >= 4 is 5.65 Å². The van der Waals surface area contributed by atoms with Crippen LogP contribution in [0.25, 0.3) is 5.65 Å². The Morgan fingerprint density at radius 3 is 2.57 bits per heavy atom. The van der Waals surface area contributed by atoms with Crippen LogP contribution < -0.4 is 4.74 Å². The molecule has 0 fully saturated rings. The van der Waals surface area contributed by atoms with Crippen molar-refractivity contribution in [2.24, 2.45) is 0 Å². The fourth-order valence-electron chi connectivity index (χ4n) is 1.82. The molecule has 0 saturated heterocycles. The zero-order valence-corrected chi connectivity index (χ0v) is 10.7. The first kappa shape index (κ1) is 13.4. The zero-order valence-electron chi connectivity index (χ0n) is 10.7. The lowest BCUT2D eigenvalue weighted by Gasteiger charge is -2.09. The number of fused-ring (bicyclic) bond motifs is 1. The summed E-state index contributed by atoms with van der Waals surface area (Å²) >= 11 is 0. The van der Waals surface area contributed by atoms with E-state index in [-0.39, 0.29) is 6.61 Å². The first-order valence-corrected chi connectivity index (χ1v) is 6.11. The molecule has 0 aliphatic rings. The van der Waals surface area contributed by atoms with Crippen LogP contribution >= 0.6 is 0 Å². The Bertz CT molecular complexity index is 750. The van der Waals surface area contributed by atoms with E-state index in [4.69, 9.17) is 4.74 Å². The Balaban J connectivity index is 1.69. The number of rotatable bonds is 3. The van der Waals surface area contributed by atoms with Crippen molar-refractivity contribution in [1.82, 2.24) is 14.6 Å². The molecule has 108 valence electrons. The van der Waals surface area contributed by atoms with Crippen LogP contribution in [0.1, 0.15) is 11.1 Å². The molecule has 0 bridgehead atoms. The van der Waals surface area contributed by atoms with E-state index in [1.807, 2.05) is 0 Å². The molecule has 1 aromatic carbocycles. The second-order valence-corrected chi connectivity index (χ2v) is 4.41. The lowest BCUT2D eigenvalue weighted by Crippen LogP contribution is -2.05. The summed E-state index contributed by atoms with van der Waals surface area (Å²) in [6.07, 6.45) is 0.490. The Hall–Kier alpha value is -2.57. The predicted molar refractivity (Wildman–Crippen MR) is 68.8 cm³/mol. The van der Waals surface area contributed by atoms with Gasteiger partial charge in [0.05, 0.1) is 24.2 Å². The minimum Gasteiger partial charge on any atom is -0.486 e. The smallest absolute Gasteiger partial charge is 0.416 e. The SMILES string of the molecule is FC(F)(F)c1ccc(COc2cnc3ccnn3c2)cc1. The molecule has 0 unspecified atom stereocenters. The second kappa shape index (κ2) is 5.08. The van der Waals surface area contributed by atoms with Gasteiger partial charge >= 0.3 is 6.18 Å². The molecule has 2 aromatic heterocycles. The maximum Gasteiger partial charge on any atom is 0.416 e. The average molecular weight is 293 g/mol. The van der Waals surface area contributed by atoms with Gasteiger partial charge in [0.1, 0.15) is 6.61 Å². The van der Waals surface area contributed by atoms with Gasteiger partial charge in [-0.1, -0.05) is 12.1 Å². The number of benzene rings is 1. The number of ether oxygens (including phenoxy) is 1. The molecule has 4 nitrogen and oxygen atoms in total. The third kappa shape index (κ3) is 2.96. The topological polar surface area (TPSA) is 39.4 Å². The van der Waals surface area contributed by atoms with E-state index in [2.05, 4.69) is 10.1 Å². The van der Waals surface area contributed by atoms with Gasteiger partial charge in [-0.25, -0.2) is 9.50 Å². The molecule has 0 N–H and O–H groups in total. The van der Waals surface area contributed by atoms with E-state index in [0.29, 0.717) is 17.0 Å². The van der Waals surface area contributed by atoms with Crippen molar-refractivity contribution in [3.8, 4) is 5.75 Å². The van der Waals surface area contributed by atoms with Crippen molar-refractivity contribution in [2.45, 2.75) is 12.8 Å². The van der Waals surface area contributed by atoms with Gasteiger partial charge < -0.3 is 4.74 Å². The fourth-order valence-corrected chi connectivity index (χ4v) is 1.82. The number of halogens is 3. The molecule has 7 heteroatoms. The molecular formula is C14H10F3N3O. The molecule has 0 radical (unpaired) electrons. The summed E-state index contributed by atoms with van der Waals surface area (Å²) in [5.41, 5.74) is 0.659. The number of alkyl halides is 3. The van der Waals surface area contributed by atoms with Crippen LogP contribution in [0, 0.1) is 0 Å². The Kier molecular flexibility index (Phi) is 3.25. The summed E-state index contributed by atoms with van der Waals surface area (Å²) in [7, 11) is 0. The van der Waals surface area contributed by atoms with Gasteiger partial charge in [0.25, 0.3) is 0 Å². The summed E-state index contributed by atoms with van der Waals surface area (Å²) in [5.74, 6) is 0.492. The van der Waals surface area contributed by atoms with Crippen LogP contribution in [0.15, 0.2) is 48.9 Å². The normalized spacial score (nSPS) is 11.8. The molecule has 0 spiro atoms. The van der Waals surface area contributed by atoms with E-state index in [9.17, 15) is 13.2 Å². The quantitative estimate of drug-likeness (QED) is 0.743. The van der Waals surface area contributed by atoms with Crippen LogP contribution in [0.3, 0.4) is 0 Å². The fraction of sp³-hybridized carbons (Fsp3) is 0.143. The predicted octanol–water partition coefficient (Wildman–Crippen LogP) is 3.33. The number of hydrogen-bond acceptors (Lipinski definition) is 3. The molecule has 0 amide bonds.